The minimum atomic E-state index is -0.272. The zero-order valence-corrected chi connectivity index (χ0v) is 7.52. The maximum Gasteiger partial charge on any atom is 0.295 e. The Morgan fingerprint density at radius 3 is 3.00 bits per heavy atom. The topological polar surface area (TPSA) is 84.0 Å². The number of hydrogen-bond donors (Lipinski definition) is 1. The van der Waals surface area contributed by atoms with Gasteiger partial charge in [-0.05, 0) is 5.21 Å². The van der Waals surface area contributed by atoms with E-state index >= 15 is 0 Å². The Bertz CT molecular complexity index is 260. The van der Waals surface area contributed by atoms with Gasteiger partial charge in [-0.15, -0.1) is 10.2 Å². The van der Waals surface area contributed by atoms with E-state index in [4.69, 9.17) is 4.74 Å². The second kappa shape index (κ2) is 4.51. The van der Waals surface area contributed by atoms with E-state index in [0.717, 1.165) is 0 Å². The molecule has 13 heavy (non-hydrogen) atoms. The molecule has 1 aromatic heterocycles. The van der Waals surface area contributed by atoms with Gasteiger partial charge in [0.05, 0.1) is 6.61 Å². The van der Waals surface area contributed by atoms with E-state index in [0.29, 0.717) is 13.2 Å². The minimum Gasteiger partial charge on any atom is -0.383 e. The largest absolute Gasteiger partial charge is 0.383 e. The second-order valence-electron chi connectivity index (χ2n) is 2.45. The van der Waals surface area contributed by atoms with Gasteiger partial charge in [0.25, 0.3) is 11.7 Å². The monoisotopic (exact) mass is 185 g/mol. The van der Waals surface area contributed by atoms with Crippen LogP contribution in [0.1, 0.15) is 10.6 Å². The molecule has 0 aliphatic heterocycles. The Balaban J connectivity index is 2.48. The van der Waals surface area contributed by atoms with Crippen LogP contribution in [-0.4, -0.2) is 58.7 Å². The van der Waals surface area contributed by atoms with Gasteiger partial charge in [-0.25, -0.2) is 0 Å². The predicted octanol–water partition coefficient (Wildman–Crippen LogP) is -1.08. The van der Waals surface area contributed by atoms with Gasteiger partial charge in [0.1, 0.15) is 0 Å². The molecular weight excluding hydrogens is 174 g/mol. The van der Waals surface area contributed by atoms with Crippen LogP contribution in [-0.2, 0) is 4.74 Å². The highest BCUT2D eigenvalue weighted by atomic mass is 16.5. The quantitative estimate of drug-likeness (QED) is 0.644. The number of methoxy groups -OCH3 is 1. The standard InChI is InChI=1S/C6H11N5O2/c1-11(3-4-13-2)6(12)5-7-9-10-8-5/h3-4H2,1-2H3,(H,7,8,9,10). The number of nitrogens with zero attached hydrogens (tertiary/aromatic N) is 4. The van der Waals surface area contributed by atoms with Crippen LogP contribution in [0.4, 0.5) is 0 Å². The number of nitrogens with one attached hydrogen (secondary N) is 1. The number of rotatable bonds is 4. The van der Waals surface area contributed by atoms with Gasteiger partial charge in [0, 0.05) is 20.7 Å². The molecule has 0 bridgehead atoms. The Labute approximate surface area is 75.1 Å². The van der Waals surface area contributed by atoms with Crippen LogP contribution in [0, 0.1) is 0 Å². The molecular formula is C6H11N5O2. The summed E-state index contributed by atoms with van der Waals surface area (Å²) in [5, 5.41) is 12.6. The first kappa shape index (κ1) is 9.59. The summed E-state index contributed by atoms with van der Waals surface area (Å²) in [4.78, 5) is 12.9. The molecule has 1 rings (SSSR count). The molecule has 1 heterocycles. The summed E-state index contributed by atoms with van der Waals surface area (Å²) in [6.45, 7) is 0.990. The number of aromatic nitrogens is 4. The van der Waals surface area contributed by atoms with E-state index < -0.39 is 0 Å². The average molecular weight is 185 g/mol. The molecule has 1 N–H and O–H groups in total. The first-order valence-corrected chi connectivity index (χ1v) is 3.73. The molecule has 7 heteroatoms. The van der Waals surface area contributed by atoms with Crippen LogP contribution >= 0.6 is 0 Å². The average Bonchev–Trinajstić information content (AvgIpc) is 2.65. The molecule has 1 aromatic rings. The predicted molar refractivity (Wildman–Crippen MR) is 43.0 cm³/mol. The second-order valence-corrected chi connectivity index (χ2v) is 2.45. The van der Waals surface area contributed by atoms with Crippen molar-refractivity contribution in [1.29, 1.82) is 0 Å². The smallest absolute Gasteiger partial charge is 0.295 e. The number of H-pyrrole nitrogens is 1. The lowest BCUT2D eigenvalue weighted by atomic mass is 10.5. The molecule has 0 aromatic carbocycles. The van der Waals surface area contributed by atoms with Crippen molar-refractivity contribution >= 4 is 5.91 Å². The Morgan fingerprint density at radius 2 is 2.46 bits per heavy atom. The van der Waals surface area contributed by atoms with Gasteiger partial charge >= 0.3 is 0 Å². The van der Waals surface area contributed by atoms with Crippen LogP contribution in [0.25, 0.3) is 0 Å². The summed E-state index contributed by atoms with van der Waals surface area (Å²) in [7, 11) is 3.23. The highest BCUT2D eigenvalue weighted by Gasteiger charge is 2.15. The molecule has 0 fully saturated rings. The van der Waals surface area contributed by atoms with E-state index in [2.05, 4.69) is 20.6 Å². The lowest BCUT2D eigenvalue weighted by Gasteiger charge is -2.13. The van der Waals surface area contributed by atoms with Gasteiger partial charge < -0.3 is 9.64 Å². The number of aromatic amines is 1. The summed E-state index contributed by atoms with van der Waals surface area (Å²) >= 11 is 0. The van der Waals surface area contributed by atoms with Gasteiger partial charge in [-0.1, -0.05) is 0 Å². The molecule has 0 aliphatic carbocycles. The molecule has 0 spiro atoms. The first-order valence-electron chi connectivity index (χ1n) is 3.73. The van der Waals surface area contributed by atoms with Gasteiger partial charge in [-0.3, -0.25) is 4.79 Å². The molecule has 0 saturated heterocycles. The summed E-state index contributed by atoms with van der Waals surface area (Å²) in [5.74, 6) is -0.204. The molecule has 1 amide bonds. The summed E-state index contributed by atoms with van der Waals surface area (Å²) in [6.07, 6.45) is 0. The summed E-state index contributed by atoms with van der Waals surface area (Å²) in [5.41, 5.74) is 0. The van der Waals surface area contributed by atoms with E-state index in [1.807, 2.05) is 0 Å². The number of tetrazole rings is 1. The number of likely N-dealkylation sites (N-methyl/N-ethyl adjacent to an activating group) is 1. The highest BCUT2D eigenvalue weighted by Crippen LogP contribution is 1.92. The van der Waals surface area contributed by atoms with Crippen LogP contribution in [0.5, 0.6) is 0 Å². The third-order valence-corrected chi connectivity index (χ3v) is 1.51. The zero-order valence-electron chi connectivity index (χ0n) is 7.52. The van der Waals surface area contributed by atoms with Gasteiger partial charge in [-0.2, -0.15) is 5.21 Å². The molecule has 0 aliphatic rings. The SMILES string of the molecule is COCCN(C)C(=O)c1nn[nH]n1. The van der Waals surface area contributed by atoms with Crippen molar-refractivity contribution in [3.63, 3.8) is 0 Å². The molecule has 0 atom stereocenters. The molecule has 72 valence electrons. The maximum atomic E-state index is 11.4. The minimum absolute atomic E-state index is 0.0682. The lowest BCUT2D eigenvalue weighted by molar-refractivity contribution is 0.0732. The Morgan fingerprint density at radius 1 is 1.69 bits per heavy atom. The van der Waals surface area contributed by atoms with Crippen molar-refractivity contribution in [3.8, 4) is 0 Å². The van der Waals surface area contributed by atoms with Crippen molar-refractivity contribution in [1.82, 2.24) is 25.5 Å². The van der Waals surface area contributed by atoms with Crippen LogP contribution in [0.3, 0.4) is 0 Å². The van der Waals surface area contributed by atoms with Crippen molar-refractivity contribution in [2.45, 2.75) is 0 Å². The van der Waals surface area contributed by atoms with Crippen molar-refractivity contribution < 1.29 is 9.53 Å². The maximum absolute atomic E-state index is 11.4. The number of ether oxygens (including phenoxy) is 1. The molecule has 7 nitrogen and oxygen atoms in total. The van der Waals surface area contributed by atoms with Crippen molar-refractivity contribution in [2.75, 3.05) is 27.3 Å². The zero-order chi connectivity index (χ0) is 9.68. The van der Waals surface area contributed by atoms with Crippen LogP contribution in [0.15, 0.2) is 0 Å². The number of carbonyl (C=O) groups is 1. The third-order valence-electron chi connectivity index (χ3n) is 1.51. The Hall–Kier alpha value is -1.50. The van der Waals surface area contributed by atoms with Crippen molar-refractivity contribution in [2.24, 2.45) is 0 Å². The molecule has 0 unspecified atom stereocenters. The normalized spacial score (nSPS) is 10.0. The highest BCUT2D eigenvalue weighted by molar-refractivity contribution is 5.89. The van der Waals surface area contributed by atoms with E-state index in [9.17, 15) is 4.79 Å². The number of carbonyl (C=O) groups excluding carboxylic acids is 1. The van der Waals surface area contributed by atoms with Crippen LogP contribution in [0.2, 0.25) is 0 Å². The van der Waals surface area contributed by atoms with E-state index in [1.165, 1.54) is 4.90 Å². The van der Waals surface area contributed by atoms with Crippen LogP contribution < -0.4 is 0 Å². The fourth-order valence-corrected chi connectivity index (χ4v) is 0.753. The summed E-state index contributed by atoms with van der Waals surface area (Å²) in [6, 6.07) is 0. The fourth-order valence-electron chi connectivity index (χ4n) is 0.753. The lowest BCUT2D eigenvalue weighted by Crippen LogP contribution is -2.30. The first-order chi connectivity index (χ1) is 6.25. The molecule has 0 saturated carbocycles. The Kier molecular flexibility index (Phi) is 3.32. The number of amides is 1. The number of hydrogen-bond acceptors (Lipinski definition) is 5. The third kappa shape index (κ3) is 2.48. The van der Waals surface area contributed by atoms with Gasteiger partial charge in [0.2, 0.25) is 0 Å². The molecule has 0 radical (unpaired) electrons. The van der Waals surface area contributed by atoms with E-state index in [1.54, 1.807) is 14.2 Å². The van der Waals surface area contributed by atoms with E-state index in [-0.39, 0.29) is 11.7 Å². The fraction of sp³-hybridized carbons (Fsp3) is 0.667. The summed E-state index contributed by atoms with van der Waals surface area (Å²) < 4.78 is 4.82. The van der Waals surface area contributed by atoms with Crippen molar-refractivity contribution in [3.05, 3.63) is 5.82 Å². The van der Waals surface area contributed by atoms with Gasteiger partial charge in [0.15, 0.2) is 0 Å².